The van der Waals surface area contributed by atoms with Gasteiger partial charge in [-0.05, 0) is 24.3 Å². The monoisotopic (exact) mass is 277 g/mol. The van der Waals surface area contributed by atoms with Gasteiger partial charge in [0.1, 0.15) is 12.1 Å². The molecule has 0 aliphatic rings. The van der Waals surface area contributed by atoms with Gasteiger partial charge in [-0.1, -0.05) is 0 Å². The van der Waals surface area contributed by atoms with Crippen molar-refractivity contribution < 1.29 is 17.9 Å². The second-order valence-corrected chi connectivity index (χ2v) is 3.56. The van der Waals surface area contributed by atoms with Gasteiger partial charge < -0.3 is 4.74 Å². The second kappa shape index (κ2) is 4.85. The van der Waals surface area contributed by atoms with E-state index in [0.717, 1.165) is 0 Å². The number of alkyl halides is 4. The SMILES string of the molecule is FC(F)(F)Oc1ccc(-n2cnnc2CCl)cc1. The minimum Gasteiger partial charge on any atom is -0.406 e. The van der Waals surface area contributed by atoms with E-state index in [2.05, 4.69) is 14.9 Å². The van der Waals surface area contributed by atoms with Crippen LogP contribution in [0.3, 0.4) is 0 Å². The van der Waals surface area contributed by atoms with Gasteiger partial charge in [-0.3, -0.25) is 4.57 Å². The molecule has 2 aromatic rings. The highest BCUT2D eigenvalue weighted by atomic mass is 35.5. The van der Waals surface area contributed by atoms with E-state index in [0.29, 0.717) is 11.5 Å². The van der Waals surface area contributed by atoms with Crippen LogP contribution < -0.4 is 4.74 Å². The molecule has 0 bridgehead atoms. The first-order valence-electron chi connectivity index (χ1n) is 4.80. The molecule has 96 valence electrons. The third-order valence-corrected chi connectivity index (χ3v) is 2.33. The lowest BCUT2D eigenvalue weighted by Gasteiger charge is -2.10. The predicted molar refractivity (Wildman–Crippen MR) is 57.6 cm³/mol. The van der Waals surface area contributed by atoms with Crippen LogP contribution in [0.5, 0.6) is 5.75 Å². The maximum atomic E-state index is 12.0. The molecule has 18 heavy (non-hydrogen) atoms. The van der Waals surface area contributed by atoms with Crippen LogP contribution in [0.4, 0.5) is 13.2 Å². The molecule has 0 fully saturated rings. The van der Waals surface area contributed by atoms with Gasteiger partial charge in [0, 0.05) is 5.69 Å². The zero-order valence-electron chi connectivity index (χ0n) is 8.86. The van der Waals surface area contributed by atoms with Crippen LogP contribution in [-0.4, -0.2) is 21.1 Å². The average molecular weight is 278 g/mol. The van der Waals surface area contributed by atoms with Crippen molar-refractivity contribution in [1.29, 1.82) is 0 Å². The number of ether oxygens (including phenoxy) is 1. The first-order chi connectivity index (χ1) is 8.49. The standard InChI is InChI=1S/C10H7ClF3N3O/c11-5-9-16-15-6-17(9)7-1-3-8(4-2-7)18-10(12,13)14/h1-4,6H,5H2. The molecule has 0 unspecified atom stereocenters. The van der Waals surface area contributed by atoms with E-state index >= 15 is 0 Å². The number of hydrogen-bond donors (Lipinski definition) is 0. The van der Waals surface area contributed by atoms with Crippen LogP contribution >= 0.6 is 11.6 Å². The molecule has 4 nitrogen and oxygen atoms in total. The van der Waals surface area contributed by atoms with Gasteiger partial charge in [0.2, 0.25) is 0 Å². The molecule has 1 heterocycles. The zero-order valence-corrected chi connectivity index (χ0v) is 9.61. The Morgan fingerprint density at radius 1 is 1.22 bits per heavy atom. The molecule has 0 saturated heterocycles. The third-order valence-electron chi connectivity index (χ3n) is 2.09. The van der Waals surface area contributed by atoms with E-state index in [1.54, 1.807) is 4.57 Å². The molecule has 0 aliphatic heterocycles. The fourth-order valence-electron chi connectivity index (χ4n) is 1.37. The zero-order chi connectivity index (χ0) is 13.2. The molecular weight excluding hydrogens is 271 g/mol. The van der Waals surface area contributed by atoms with E-state index in [1.807, 2.05) is 0 Å². The van der Waals surface area contributed by atoms with Crippen LogP contribution in [0.15, 0.2) is 30.6 Å². The molecule has 1 aromatic heterocycles. The number of hydrogen-bond acceptors (Lipinski definition) is 3. The average Bonchev–Trinajstić information content (AvgIpc) is 2.76. The summed E-state index contributed by atoms with van der Waals surface area (Å²) >= 11 is 5.64. The van der Waals surface area contributed by atoms with E-state index in [4.69, 9.17) is 11.6 Å². The number of benzene rings is 1. The molecule has 0 spiro atoms. The minimum absolute atomic E-state index is 0.154. The Morgan fingerprint density at radius 3 is 2.44 bits per heavy atom. The Hall–Kier alpha value is -1.76. The van der Waals surface area contributed by atoms with Gasteiger partial charge in [0.25, 0.3) is 0 Å². The fraction of sp³-hybridized carbons (Fsp3) is 0.200. The lowest BCUT2D eigenvalue weighted by Crippen LogP contribution is -2.17. The summed E-state index contributed by atoms with van der Waals surface area (Å²) in [4.78, 5) is 0. The Labute approximate surface area is 105 Å². The number of rotatable bonds is 3. The van der Waals surface area contributed by atoms with Crippen molar-refractivity contribution in [2.24, 2.45) is 0 Å². The molecule has 1 aromatic carbocycles. The molecule has 2 rings (SSSR count). The number of nitrogens with zero attached hydrogens (tertiary/aromatic N) is 3. The van der Waals surface area contributed by atoms with Crippen molar-refractivity contribution in [2.45, 2.75) is 12.2 Å². The maximum Gasteiger partial charge on any atom is 0.573 e. The molecule has 0 radical (unpaired) electrons. The molecule has 0 amide bonds. The predicted octanol–water partition coefficient (Wildman–Crippen LogP) is 2.90. The maximum absolute atomic E-state index is 12.0. The summed E-state index contributed by atoms with van der Waals surface area (Å²) in [6.07, 6.45) is -3.27. The molecule has 8 heteroatoms. The normalized spacial score (nSPS) is 11.6. The van der Waals surface area contributed by atoms with Gasteiger partial charge in [-0.25, -0.2) is 0 Å². The minimum atomic E-state index is -4.70. The first kappa shape index (κ1) is 12.7. The van der Waals surface area contributed by atoms with Crippen molar-refractivity contribution in [2.75, 3.05) is 0 Å². The number of halogens is 4. The van der Waals surface area contributed by atoms with E-state index in [-0.39, 0.29) is 11.6 Å². The summed E-state index contributed by atoms with van der Waals surface area (Å²) in [5.41, 5.74) is 0.602. The summed E-state index contributed by atoms with van der Waals surface area (Å²) in [5.74, 6) is 0.369. The summed E-state index contributed by atoms with van der Waals surface area (Å²) in [5, 5.41) is 7.43. The summed E-state index contributed by atoms with van der Waals surface area (Å²) < 4.78 is 41.2. The number of aromatic nitrogens is 3. The van der Waals surface area contributed by atoms with Crippen molar-refractivity contribution in [1.82, 2.24) is 14.8 Å². The Morgan fingerprint density at radius 2 is 1.89 bits per heavy atom. The molecule has 0 atom stereocenters. The van der Waals surface area contributed by atoms with Crippen LogP contribution in [0.25, 0.3) is 5.69 Å². The molecule has 0 saturated carbocycles. The lowest BCUT2D eigenvalue weighted by molar-refractivity contribution is -0.274. The van der Waals surface area contributed by atoms with Gasteiger partial charge in [-0.15, -0.1) is 35.0 Å². The van der Waals surface area contributed by atoms with Crippen molar-refractivity contribution in [3.63, 3.8) is 0 Å². The van der Waals surface area contributed by atoms with E-state index < -0.39 is 6.36 Å². The Balaban J connectivity index is 2.23. The Bertz CT molecular complexity index is 524. The quantitative estimate of drug-likeness (QED) is 0.810. The smallest absolute Gasteiger partial charge is 0.406 e. The third kappa shape index (κ3) is 2.92. The van der Waals surface area contributed by atoms with Gasteiger partial charge in [0.05, 0.1) is 5.88 Å². The van der Waals surface area contributed by atoms with Crippen LogP contribution in [0.2, 0.25) is 0 Å². The van der Waals surface area contributed by atoms with Crippen molar-refractivity contribution >= 4 is 11.6 Å². The highest BCUT2D eigenvalue weighted by molar-refractivity contribution is 6.16. The highest BCUT2D eigenvalue weighted by Crippen LogP contribution is 2.23. The summed E-state index contributed by atoms with van der Waals surface area (Å²) in [6, 6.07) is 5.34. The van der Waals surface area contributed by atoms with Crippen molar-refractivity contribution in [3.05, 3.63) is 36.4 Å². The van der Waals surface area contributed by atoms with Crippen molar-refractivity contribution in [3.8, 4) is 11.4 Å². The molecule has 0 N–H and O–H groups in total. The largest absolute Gasteiger partial charge is 0.573 e. The van der Waals surface area contributed by atoms with Crippen LogP contribution in [0, 0.1) is 0 Å². The summed E-state index contributed by atoms with van der Waals surface area (Å²) in [7, 11) is 0. The van der Waals surface area contributed by atoms with E-state index in [1.165, 1.54) is 30.6 Å². The Kier molecular flexibility index (Phi) is 3.42. The van der Waals surface area contributed by atoms with Gasteiger partial charge in [-0.2, -0.15) is 0 Å². The lowest BCUT2D eigenvalue weighted by atomic mass is 10.3. The highest BCUT2D eigenvalue weighted by Gasteiger charge is 2.30. The van der Waals surface area contributed by atoms with Crippen LogP contribution in [0.1, 0.15) is 5.82 Å². The van der Waals surface area contributed by atoms with Gasteiger partial charge >= 0.3 is 6.36 Å². The first-order valence-corrected chi connectivity index (χ1v) is 5.34. The van der Waals surface area contributed by atoms with E-state index in [9.17, 15) is 13.2 Å². The van der Waals surface area contributed by atoms with Gasteiger partial charge in [0.15, 0.2) is 5.82 Å². The second-order valence-electron chi connectivity index (χ2n) is 3.29. The van der Waals surface area contributed by atoms with Crippen LogP contribution in [-0.2, 0) is 5.88 Å². The topological polar surface area (TPSA) is 39.9 Å². The summed E-state index contributed by atoms with van der Waals surface area (Å²) in [6.45, 7) is 0. The fourth-order valence-corrected chi connectivity index (χ4v) is 1.56. The molecule has 0 aliphatic carbocycles. The molecular formula is C10H7ClF3N3O.